The minimum absolute atomic E-state index is 0.174. The minimum Gasteiger partial charge on any atom is -0.496 e. The number of aromatic nitrogens is 3. The second kappa shape index (κ2) is 8.47. The van der Waals surface area contributed by atoms with E-state index in [1.54, 1.807) is 25.1 Å². The monoisotopic (exact) mass is 413 g/mol. The van der Waals surface area contributed by atoms with E-state index in [0.717, 1.165) is 41.7 Å². The van der Waals surface area contributed by atoms with E-state index < -0.39 is 0 Å². The van der Waals surface area contributed by atoms with E-state index in [-0.39, 0.29) is 29.8 Å². The van der Waals surface area contributed by atoms with Crippen LogP contribution in [0.25, 0.3) is 6.08 Å². The van der Waals surface area contributed by atoms with Crippen molar-refractivity contribution in [2.24, 2.45) is 0 Å². The Morgan fingerprint density at radius 3 is 2.83 bits per heavy atom. The first kappa shape index (κ1) is 20.4. The van der Waals surface area contributed by atoms with Gasteiger partial charge in [0.15, 0.2) is 0 Å². The van der Waals surface area contributed by atoms with Crippen LogP contribution in [-0.2, 0) is 11.2 Å². The number of aliphatic hydroxyl groups is 1. The van der Waals surface area contributed by atoms with Crippen molar-refractivity contribution in [2.75, 3.05) is 6.61 Å². The van der Waals surface area contributed by atoms with Crippen molar-refractivity contribution in [3.8, 4) is 0 Å². The molecule has 2 aliphatic rings. The van der Waals surface area contributed by atoms with Crippen molar-refractivity contribution in [2.45, 2.75) is 64.1 Å². The molecule has 2 aromatic heterocycles. The number of carbonyl (C=O) groups is 1. The number of hydrogen-bond acceptors (Lipinski definition) is 5. The fourth-order valence-electron chi connectivity index (χ4n) is 4.23. The number of nitrogens with zero attached hydrogens (tertiary/aromatic N) is 3. The summed E-state index contributed by atoms with van der Waals surface area (Å²) in [6, 6.07) is 5.00. The Morgan fingerprint density at radius 1 is 1.33 bits per heavy atom. The van der Waals surface area contributed by atoms with Gasteiger partial charge in [-0.2, -0.15) is 5.10 Å². The Morgan fingerprint density at radius 2 is 2.10 bits per heavy atom. The summed E-state index contributed by atoms with van der Waals surface area (Å²) >= 11 is 0. The summed E-state index contributed by atoms with van der Waals surface area (Å²) in [6.07, 6.45) is 7.73. The van der Waals surface area contributed by atoms with Gasteiger partial charge in [0, 0.05) is 48.0 Å². The molecule has 0 bridgehead atoms. The molecule has 0 aliphatic heterocycles. The van der Waals surface area contributed by atoms with Crippen LogP contribution in [0, 0.1) is 6.92 Å². The van der Waals surface area contributed by atoms with Crippen LogP contribution in [0.1, 0.15) is 66.1 Å². The predicted molar refractivity (Wildman–Crippen MR) is 109 cm³/mol. The van der Waals surface area contributed by atoms with Crippen LogP contribution < -0.4 is 10.0 Å². The smallest absolute Gasteiger partial charge is 0.321 e. The molecule has 2 aliphatic carbocycles. The third kappa shape index (κ3) is 4.05. The normalized spacial score (nSPS) is 23.4. The molecule has 0 aromatic carbocycles. The maximum Gasteiger partial charge on any atom is 0.321 e. The third-order valence-corrected chi connectivity index (χ3v) is 5.93. The zero-order chi connectivity index (χ0) is 21.3. The molecule has 8 heteroatoms. The Hall–Kier alpha value is -2.87. The number of pyridine rings is 1. The molecule has 3 N–H and O–H groups in total. The predicted octanol–water partition coefficient (Wildman–Crippen LogP) is 1.92. The van der Waals surface area contributed by atoms with Gasteiger partial charge in [-0.05, 0) is 38.7 Å². The molecule has 1 fully saturated rings. The number of aliphatic hydroxyl groups excluding tert-OH is 1. The lowest BCUT2D eigenvalue weighted by atomic mass is 9.93. The van der Waals surface area contributed by atoms with E-state index in [0.29, 0.717) is 24.5 Å². The summed E-state index contributed by atoms with van der Waals surface area (Å²) in [7, 11) is 0. The van der Waals surface area contributed by atoms with Crippen molar-refractivity contribution in [3.05, 3.63) is 52.8 Å². The largest absolute Gasteiger partial charge is 0.496 e. The topological polar surface area (TPSA) is 100 Å². The number of aryl methyl sites for hydroxylation is 1. The van der Waals surface area contributed by atoms with Gasteiger partial charge in [-0.3, -0.25) is 14.7 Å². The number of hydrogen-bond donors (Lipinski definition) is 3. The highest BCUT2D eigenvalue weighted by Crippen LogP contribution is 2.31. The molecule has 0 spiro atoms. The van der Waals surface area contributed by atoms with E-state index in [2.05, 4.69) is 11.5 Å². The maximum absolute atomic E-state index is 12.8. The van der Waals surface area contributed by atoms with E-state index in [9.17, 15) is 15.1 Å². The van der Waals surface area contributed by atoms with E-state index in [1.165, 1.54) is 0 Å². The molecule has 0 radical (unpaired) electrons. The van der Waals surface area contributed by atoms with Crippen molar-refractivity contribution in [1.29, 1.82) is 0 Å². The molecule has 1 amide bonds. The average Bonchev–Trinajstić information content (AvgIpc) is 3.13. The maximum atomic E-state index is 12.8. The van der Waals surface area contributed by atoms with Gasteiger partial charge in [-0.15, -0.1) is 0 Å². The fraction of sp³-hybridized carbons (Fsp3) is 0.500. The second-order valence-electron chi connectivity index (χ2n) is 8.06. The van der Waals surface area contributed by atoms with E-state index in [1.807, 2.05) is 17.7 Å². The Bertz CT molecular complexity index is 960. The minimum atomic E-state index is -0.367. The average molecular weight is 413 g/mol. The summed E-state index contributed by atoms with van der Waals surface area (Å²) in [4.78, 5) is 12.8. The van der Waals surface area contributed by atoms with Crippen LogP contribution >= 0.6 is 0 Å². The highest BCUT2D eigenvalue weighted by molar-refractivity contribution is 5.91. The first-order valence-electron chi connectivity index (χ1n) is 10.6. The highest BCUT2D eigenvalue weighted by Gasteiger charge is 2.31. The van der Waals surface area contributed by atoms with Crippen LogP contribution in [0.4, 0.5) is 0 Å². The molecule has 1 atom stereocenters. The number of ether oxygens (including phenoxy) is 1. The Kier molecular flexibility index (Phi) is 5.76. The summed E-state index contributed by atoms with van der Waals surface area (Å²) in [5, 5.41) is 27.7. The van der Waals surface area contributed by atoms with Crippen molar-refractivity contribution in [3.63, 3.8) is 0 Å². The summed E-state index contributed by atoms with van der Waals surface area (Å²) in [5.74, 6) is 0.300. The molecule has 1 saturated carbocycles. The Labute approximate surface area is 175 Å². The zero-order valence-corrected chi connectivity index (χ0v) is 17.4. The standard InChI is InChI=1S/C22H28N4O4/c1-3-30-21-12-18-15(13-25(24-18)16-7-9-17(27)10-8-16)11-19(21)23-22(28)20-6-4-5-14(2)26(20)29/h4-6,12-13,16-17,19,27H,3,7-11H2,1-2H3,(H-,23,28,29)/p+1. The van der Waals surface area contributed by atoms with Crippen molar-refractivity contribution in [1.82, 2.24) is 15.1 Å². The molecule has 160 valence electrons. The summed E-state index contributed by atoms with van der Waals surface area (Å²) < 4.78 is 8.70. The van der Waals surface area contributed by atoms with Crippen LogP contribution in [-0.4, -0.2) is 44.8 Å². The van der Waals surface area contributed by atoms with E-state index >= 15 is 0 Å². The van der Waals surface area contributed by atoms with Gasteiger partial charge in [0.05, 0.1) is 30.5 Å². The molecule has 8 nitrogen and oxygen atoms in total. The first-order valence-corrected chi connectivity index (χ1v) is 10.6. The van der Waals surface area contributed by atoms with Gasteiger partial charge in [0.25, 0.3) is 0 Å². The molecular formula is C22H29N4O4+. The lowest BCUT2D eigenvalue weighted by Crippen LogP contribution is -2.47. The molecule has 2 aromatic rings. The Balaban J connectivity index is 1.54. The lowest BCUT2D eigenvalue weighted by molar-refractivity contribution is -0.909. The first-order chi connectivity index (χ1) is 14.5. The van der Waals surface area contributed by atoms with Crippen LogP contribution in [0.3, 0.4) is 0 Å². The number of amides is 1. The molecule has 1 unspecified atom stereocenters. The molecule has 2 heterocycles. The fourth-order valence-corrected chi connectivity index (χ4v) is 4.23. The number of rotatable bonds is 5. The second-order valence-corrected chi connectivity index (χ2v) is 8.06. The van der Waals surface area contributed by atoms with Crippen LogP contribution in [0.5, 0.6) is 0 Å². The van der Waals surface area contributed by atoms with E-state index in [4.69, 9.17) is 9.84 Å². The number of fused-ring (bicyclic) bond motifs is 1. The summed E-state index contributed by atoms with van der Waals surface area (Å²) in [6.45, 7) is 4.12. The third-order valence-electron chi connectivity index (χ3n) is 5.93. The van der Waals surface area contributed by atoms with Crippen LogP contribution in [0.2, 0.25) is 0 Å². The van der Waals surface area contributed by atoms with Gasteiger partial charge >= 0.3 is 11.6 Å². The quantitative estimate of drug-likeness (QED) is 0.514. The molecular weight excluding hydrogens is 384 g/mol. The van der Waals surface area contributed by atoms with Crippen LogP contribution in [0.15, 0.2) is 30.2 Å². The molecule has 0 saturated heterocycles. The van der Waals surface area contributed by atoms with Gasteiger partial charge in [-0.1, -0.05) is 0 Å². The SMILES string of the molecule is CCOC1=Cc2nn(C3CCC(O)CC3)cc2CC1NC(=O)c1cccc(C)[n+]1O. The van der Waals surface area contributed by atoms with Gasteiger partial charge in [0.1, 0.15) is 5.76 Å². The van der Waals surface area contributed by atoms with Gasteiger partial charge in [0.2, 0.25) is 5.69 Å². The summed E-state index contributed by atoms with van der Waals surface area (Å²) in [5.41, 5.74) is 2.67. The molecule has 30 heavy (non-hydrogen) atoms. The zero-order valence-electron chi connectivity index (χ0n) is 17.4. The lowest BCUT2D eigenvalue weighted by Gasteiger charge is -2.25. The van der Waals surface area contributed by atoms with Gasteiger partial charge < -0.3 is 15.2 Å². The van der Waals surface area contributed by atoms with Crippen molar-refractivity contribution >= 4 is 12.0 Å². The van der Waals surface area contributed by atoms with Gasteiger partial charge in [-0.25, -0.2) is 0 Å². The number of nitrogens with one attached hydrogen (secondary N) is 1. The number of carbonyl (C=O) groups excluding carboxylic acids is 1. The highest BCUT2D eigenvalue weighted by atomic mass is 16.5. The molecule has 4 rings (SSSR count). The van der Waals surface area contributed by atoms with Crippen molar-refractivity contribution < 1.29 is 24.6 Å².